The number of imidazole rings is 1. The lowest BCUT2D eigenvalue weighted by Crippen LogP contribution is -2.51. The van der Waals surface area contributed by atoms with E-state index >= 15 is 0 Å². The van der Waals surface area contributed by atoms with Gasteiger partial charge in [-0.15, -0.1) is 0 Å². The van der Waals surface area contributed by atoms with Crippen LogP contribution in [0.25, 0.3) is 0 Å². The lowest BCUT2D eigenvalue weighted by Gasteiger charge is -2.41. The summed E-state index contributed by atoms with van der Waals surface area (Å²) in [4.78, 5) is 7.16. The number of aryl methyl sites for hydroxylation is 1. The molecule has 1 atom stereocenters. The Balaban J connectivity index is 2.26. The Bertz CT molecular complexity index is 377. The summed E-state index contributed by atoms with van der Waals surface area (Å²) >= 11 is 0. The van der Waals surface area contributed by atoms with E-state index in [-0.39, 0.29) is 11.6 Å². The third-order valence-corrected chi connectivity index (χ3v) is 4.26. The number of likely N-dealkylation sites (N-methyl/N-ethyl adjacent to an activating group) is 1. The van der Waals surface area contributed by atoms with E-state index in [1.54, 1.807) is 0 Å². The van der Waals surface area contributed by atoms with Crippen molar-refractivity contribution in [2.24, 2.45) is 0 Å². The summed E-state index contributed by atoms with van der Waals surface area (Å²) in [5.74, 6) is 1.15. The third kappa shape index (κ3) is 2.31. The first-order valence-corrected chi connectivity index (χ1v) is 7.04. The second-order valence-electron chi connectivity index (χ2n) is 5.64. The van der Waals surface area contributed by atoms with Crippen LogP contribution in [0.15, 0.2) is 12.4 Å². The second kappa shape index (κ2) is 5.41. The summed E-state index contributed by atoms with van der Waals surface area (Å²) < 4.78 is 2.24. The highest BCUT2D eigenvalue weighted by molar-refractivity contribution is 5.08. The van der Waals surface area contributed by atoms with Gasteiger partial charge in [-0.05, 0) is 53.8 Å². The first-order chi connectivity index (χ1) is 8.61. The molecule has 0 radical (unpaired) electrons. The van der Waals surface area contributed by atoms with E-state index in [0.717, 1.165) is 12.4 Å². The van der Waals surface area contributed by atoms with Gasteiger partial charge in [-0.2, -0.15) is 0 Å². The van der Waals surface area contributed by atoms with Crippen molar-refractivity contribution in [2.45, 2.75) is 51.7 Å². The van der Waals surface area contributed by atoms with Gasteiger partial charge < -0.3 is 9.88 Å². The summed E-state index contributed by atoms with van der Waals surface area (Å²) in [7, 11) is 2.04. The fourth-order valence-corrected chi connectivity index (χ4v) is 3.12. The van der Waals surface area contributed by atoms with Crippen LogP contribution in [0.3, 0.4) is 0 Å². The molecule has 0 amide bonds. The van der Waals surface area contributed by atoms with Gasteiger partial charge in [0, 0.05) is 24.5 Å². The average molecular weight is 250 g/mol. The maximum absolute atomic E-state index is 4.57. The molecule has 1 aromatic heterocycles. The van der Waals surface area contributed by atoms with Crippen LogP contribution < -0.4 is 5.32 Å². The molecule has 0 saturated carbocycles. The SMILES string of the molecule is CCn1ccnc1C(NC)C(C)(C)N1CCCC1. The second-order valence-corrected chi connectivity index (χ2v) is 5.64. The topological polar surface area (TPSA) is 33.1 Å². The summed E-state index contributed by atoms with van der Waals surface area (Å²) in [6, 6.07) is 0.269. The highest BCUT2D eigenvalue weighted by Crippen LogP contribution is 2.32. The Morgan fingerprint density at radius 1 is 1.39 bits per heavy atom. The molecule has 2 heterocycles. The van der Waals surface area contributed by atoms with Gasteiger partial charge in [0.1, 0.15) is 5.82 Å². The van der Waals surface area contributed by atoms with E-state index < -0.39 is 0 Å². The van der Waals surface area contributed by atoms with Gasteiger partial charge in [0.15, 0.2) is 0 Å². The number of rotatable bonds is 5. The van der Waals surface area contributed by atoms with Gasteiger partial charge in [0.05, 0.1) is 6.04 Å². The molecular weight excluding hydrogens is 224 g/mol. The largest absolute Gasteiger partial charge is 0.334 e. The minimum absolute atomic E-state index is 0.101. The zero-order valence-corrected chi connectivity index (χ0v) is 12.1. The van der Waals surface area contributed by atoms with E-state index in [1.807, 2.05) is 13.2 Å². The molecular formula is C14H26N4. The van der Waals surface area contributed by atoms with Gasteiger partial charge in [0.2, 0.25) is 0 Å². The van der Waals surface area contributed by atoms with Crippen LogP contribution in [0, 0.1) is 0 Å². The van der Waals surface area contributed by atoms with Gasteiger partial charge >= 0.3 is 0 Å². The molecule has 2 rings (SSSR count). The molecule has 0 spiro atoms. The number of nitrogens with zero attached hydrogens (tertiary/aromatic N) is 3. The van der Waals surface area contributed by atoms with E-state index in [4.69, 9.17) is 0 Å². The van der Waals surface area contributed by atoms with Crippen LogP contribution in [0.2, 0.25) is 0 Å². The van der Waals surface area contributed by atoms with Gasteiger partial charge in [-0.1, -0.05) is 0 Å². The molecule has 1 unspecified atom stereocenters. The maximum atomic E-state index is 4.57. The number of nitrogens with one attached hydrogen (secondary N) is 1. The standard InChI is InChI=1S/C14H26N4/c1-5-17-11-8-16-13(17)12(15-4)14(2,3)18-9-6-7-10-18/h8,11-12,15H,5-7,9-10H2,1-4H3. The molecule has 1 aromatic rings. The van der Waals surface area contributed by atoms with Crippen molar-refractivity contribution in [3.05, 3.63) is 18.2 Å². The summed E-state index contributed by atoms with van der Waals surface area (Å²) in [6.07, 6.45) is 6.62. The van der Waals surface area contributed by atoms with Crippen LogP contribution in [0.5, 0.6) is 0 Å². The van der Waals surface area contributed by atoms with E-state index in [9.17, 15) is 0 Å². The number of hydrogen-bond acceptors (Lipinski definition) is 3. The molecule has 1 aliphatic heterocycles. The summed E-state index contributed by atoms with van der Waals surface area (Å²) in [5, 5.41) is 3.47. The van der Waals surface area contributed by atoms with Crippen molar-refractivity contribution < 1.29 is 0 Å². The molecule has 102 valence electrons. The van der Waals surface area contributed by atoms with Gasteiger partial charge in [-0.25, -0.2) is 4.98 Å². The molecule has 1 saturated heterocycles. The molecule has 18 heavy (non-hydrogen) atoms. The fourth-order valence-electron chi connectivity index (χ4n) is 3.12. The number of likely N-dealkylation sites (tertiary alicyclic amines) is 1. The van der Waals surface area contributed by atoms with Crippen LogP contribution >= 0.6 is 0 Å². The normalized spacial score (nSPS) is 19.3. The maximum Gasteiger partial charge on any atom is 0.127 e. The van der Waals surface area contributed by atoms with Crippen LogP contribution in [0.1, 0.15) is 45.5 Å². The van der Waals surface area contributed by atoms with Crippen LogP contribution in [-0.4, -0.2) is 40.1 Å². The summed E-state index contributed by atoms with van der Waals surface area (Å²) in [6.45, 7) is 10.2. The van der Waals surface area contributed by atoms with E-state index in [0.29, 0.717) is 0 Å². The Morgan fingerprint density at radius 3 is 2.61 bits per heavy atom. The number of aromatic nitrogens is 2. The number of hydrogen-bond donors (Lipinski definition) is 1. The molecule has 1 fully saturated rings. The monoisotopic (exact) mass is 250 g/mol. The average Bonchev–Trinajstić information content (AvgIpc) is 3.00. The van der Waals surface area contributed by atoms with E-state index in [1.165, 1.54) is 25.9 Å². The molecule has 4 nitrogen and oxygen atoms in total. The molecule has 0 bridgehead atoms. The first kappa shape index (κ1) is 13.6. The lowest BCUT2D eigenvalue weighted by atomic mass is 9.91. The quantitative estimate of drug-likeness (QED) is 0.868. The summed E-state index contributed by atoms with van der Waals surface area (Å²) in [5.41, 5.74) is 0.101. The van der Waals surface area contributed by atoms with Gasteiger partial charge in [-0.3, -0.25) is 4.90 Å². The molecule has 1 aliphatic rings. The van der Waals surface area contributed by atoms with Crippen LogP contribution in [-0.2, 0) is 6.54 Å². The molecule has 0 aromatic carbocycles. The van der Waals surface area contributed by atoms with Crippen molar-refractivity contribution in [1.82, 2.24) is 19.8 Å². The van der Waals surface area contributed by atoms with Crippen molar-refractivity contribution in [3.8, 4) is 0 Å². The van der Waals surface area contributed by atoms with E-state index in [2.05, 4.69) is 46.7 Å². The highest BCUT2D eigenvalue weighted by Gasteiger charge is 2.38. The zero-order valence-electron chi connectivity index (χ0n) is 12.1. The predicted molar refractivity (Wildman–Crippen MR) is 74.6 cm³/mol. The Labute approximate surface area is 110 Å². The third-order valence-electron chi connectivity index (χ3n) is 4.26. The Kier molecular flexibility index (Phi) is 4.07. The Morgan fingerprint density at radius 2 is 2.06 bits per heavy atom. The van der Waals surface area contributed by atoms with Crippen LogP contribution in [0.4, 0.5) is 0 Å². The smallest absolute Gasteiger partial charge is 0.127 e. The van der Waals surface area contributed by atoms with Crippen molar-refractivity contribution in [2.75, 3.05) is 20.1 Å². The molecule has 4 heteroatoms. The molecule has 1 N–H and O–H groups in total. The van der Waals surface area contributed by atoms with Crippen molar-refractivity contribution in [3.63, 3.8) is 0 Å². The highest BCUT2D eigenvalue weighted by atomic mass is 15.3. The lowest BCUT2D eigenvalue weighted by molar-refractivity contribution is 0.105. The fraction of sp³-hybridized carbons (Fsp3) is 0.786. The minimum atomic E-state index is 0.101. The molecule has 0 aliphatic carbocycles. The Hall–Kier alpha value is -0.870. The zero-order chi connectivity index (χ0) is 13.2. The van der Waals surface area contributed by atoms with Crippen molar-refractivity contribution >= 4 is 0 Å². The van der Waals surface area contributed by atoms with Gasteiger partial charge in [0.25, 0.3) is 0 Å². The van der Waals surface area contributed by atoms with Crippen molar-refractivity contribution in [1.29, 1.82) is 0 Å². The predicted octanol–water partition coefficient (Wildman–Crippen LogP) is 2.04. The minimum Gasteiger partial charge on any atom is -0.334 e. The first-order valence-electron chi connectivity index (χ1n) is 7.04.